The quantitative estimate of drug-likeness (QED) is 0.824. The Morgan fingerprint density at radius 1 is 1.40 bits per heavy atom. The molecule has 0 bridgehead atoms. The molecule has 2 rings (SSSR count). The van der Waals surface area contributed by atoms with Crippen molar-refractivity contribution in [2.45, 2.75) is 25.4 Å². The van der Waals surface area contributed by atoms with Gasteiger partial charge in [-0.05, 0) is 37.6 Å². The lowest BCUT2D eigenvalue weighted by Crippen LogP contribution is -2.33. The molecule has 1 aliphatic rings. The van der Waals surface area contributed by atoms with Crippen LogP contribution in [-0.4, -0.2) is 19.1 Å². The number of hydrogen-bond donors (Lipinski definition) is 2. The molecular weight excluding hydrogens is 208 g/mol. The van der Waals surface area contributed by atoms with Crippen LogP contribution in [0.2, 0.25) is 5.02 Å². The van der Waals surface area contributed by atoms with E-state index in [1.54, 1.807) is 0 Å². The van der Waals surface area contributed by atoms with Crippen molar-refractivity contribution >= 4 is 11.6 Å². The van der Waals surface area contributed by atoms with E-state index in [9.17, 15) is 0 Å². The lowest BCUT2D eigenvalue weighted by molar-refractivity contribution is 0.478. The predicted molar refractivity (Wildman–Crippen MR) is 64.3 cm³/mol. The molecule has 3 heteroatoms. The molecular formula is C12H17ClN2. The molecule has 82 valence electrons. The number of halogens is 1. The second kappa shape index (κ2) is 4.97. The third kappa shape index (κ3) is 2.94. The smallest absolute Gasteiger partial charge is 0.0406 e. The third-order valence-corrected chi connectivity index (χ3v) is 3.17. The lowest BCUT2D eigenvalue weighted by Gasteiger charge is -2.19. The van der Waals surface area contributed by atoms with Crippen molar-refractivity contribution in [1.82, 2.24) is 10.6 Å². The maximum Gasteiger partial charge on any atom is 0.0406 e. The van der Waals surface area contributed by atoms with Gasteiger partial charge in [0.15, 0.2) is 0 Å². The van der Waals surface area contributed by atoms with Crippen molar-refractivity contribution in [3.63, 3.8) is 0 Å². The molecule has 1 fully saturated rings. The zero-order valence-corrected chi connectivity index (χ0v) is 9.72. The molecule has 15 heavy (non-hydrogen) atoms. The summed E-state index contributed by atoms with van der Waals surface area (Å²) in [5, 5.41) is 7.76. The summed E-state index contributed by atoms with van der Waals surface area (Å²) in [7, 11) is 0. The normalized spacial score (nSPS) is 22.9. The SMILES string of the molecule is CC(NC1CCNC1)c1ccc(Cl)cc1. The van der Waals surface area contributed by atoms with Crippen LogP contribution in [0.5, 0.6) is 0 Å². The molecule has 0 spiro atoms. The molecule has 1 aromatic rings. The second-order valence-electron chi connectivity index (χ2n) is 4.13. The van der Waals surface area contributed by atoms with Crippen molar-refractivity contribution in [3.8, 4) is 0 Å². The molecule has 1 heterocycles. The van der Waals surface area contributed by atoms with Crippen LogP contribution in [0.25, 0.3) is 0 Å². The highest BCUT2D eigenvalue weighted by Crippen LogP contribution is 2.17. The second-order valence-corrected chi connectivity index (χ2v) is 4.57. The summed E-state index contributed by atoms with van der Waals surface area (Å²) in [6.45, 7) is 4.41. The van der Waals surface area contributed by atoms with Gasteiger partial charge in [-0.15, -0.1) is 0 Å². The van der Waals surface area contributed by atoms with Gasteiger partial charge in [-0.25, -0.2) is 0 Å². The lowest BCUT2D eigenvalue weighted by atomic mass is 10.1. The minimum absolute atomic E-state index is 0.396. The summed E-state index contributed by atoms with van der Waals surface area (Å²) >= 11 is 5.86. The fourth-order valence-electron chi connectivity index (χ4n) is 2.00. The topological polar surface area (TPSA) is 24.1 Å². The van der Waals surface area contributed by atoms with Gasteiger partial charge in [0.25, 0.3) is 0 Å². The van der Waals surface area contributed by atoms with E-state index in [2.05, 4.69) is 29.7 Å². The van der Waals surface area contributed by atoms with E-state index in [1.165, 1.54) is 12.0 Å². The van der Waals surface area contributed by atoms with Gasteiger partial charge in [0.2, 0.25) is 0 Å². The van der Waals surface area contributed by atoms with E-state index in [0.29, 0.717) is 12.1 Å². The highest BCUT2D eigenvalue weighted by atomic mass is 35.5. The van der Waals surface area contributed by atoms with Crippen LogP contribution in [0.1, 0.15) is 24.9 Å². The van der Waals surface area contributed by atoms with Crippen LogP contribution in [-0.2, 0) is 0 Å². The summed E-state index contributed by atoms with van der Waals surface area (Å²) in [4.78, 5) is 0. The summed E-state index contributed by atoms with van der Waals surface area (Å²) in [5.74, 6) is 0. The van der Waals surface area contributed by atoms with Gasteiger partial charge in [0, 0.05) is 23.7 Å². The molecule has 1 aromatic carbocycles. The monoisotopic (exact) mass is 224 g/mol. The molecule has 2 unspecified atom stereocenters. The Balaban J connectivity index is 1.94. The maximum atomic E-state index is 5.86. The van der Waals surface area contributed by atoms with Gasteiger partial charge in [0.1, 0.15) is 0 Å². The van der Waals surface area contributed by atoms with E-state index in [0.717, 1.165) is 18.1 Å². The Morgan fingerprint density at radius 2 is 2.13 bits per heavy atom. The molecule has 2 nitrogen and oxygen atoms in total. The number of hydrogen-bond acceptors (Lipinski definition) is 2. The zero-order chi connectivity index (χ0) is 10.7. The van der Waals surface area contributed by atoms with Gasteiger partial charge < -0.3 is 10.6 Å². The number of nitrogens with one attached hydrogen (secondary N) is 2. The first-order chi connectivity index (χ1) is 7.25. The van der Waals surface area contributed by atoms with Crippen LogP contribution in [0.4, 0.5) is 0 Å². The van der Waals surface area contributed by atoms with E-state index in [-0.39, 0.29) is 0 Å². The van der Waals surface area contributed by atoms with Gasteiger partial charge >= 0.3 is 0 Å². The first kappa shape index (κ1) is 10.9. The minimum Gasteiger partial charge on any atom is -0.315 e. The standard InChI is InChI=1S/C12H17ClN2/c1-9(15-12-6-7-14-8-12)10-2-4-11(13)5-3-10/h2-5,9,12,14-15H,6-8H2,1H3. The Bertz CT molecular complexity index is 304. The Labute approximate surface area is 96.0 Å². The van der Waals surface area contributed by atoms with Crippen LogP contribution < -0.4 is 10.6 Å². The van der Waals surface area contributed by atoms with Gasteiger partial charge in [-0.1, -0.05) is 23.7 Å². The molecule has 0 saturated carbocycles. The van der Waals surface area contributed by atoms with Gasteiger partial charge in [-0.3, -0.25) is 0 Å². The molecule has 0 aromatic heterocycles. The molecule has 2 atom stereocenters. The van der Waals surface area contributed by atoms with Crippen LogP contribution in [0, 0.1) is 0 Å². The first-order valence-corrected chi connectivity index (χ1v) is 5.86. The third-order valence-electron chi connectivity index (χ3n) is 2.92. The minimum atomic E-state index is 0.396. The highest BCUT2D eigenvalue weighted by molar-refractivity contribution is 6.30. The van der Waals surface area contributed by atoms with Gasteiger partial charge in [0.05, 0.1) is 0 Å². The zero-order valence-electron chi connectivity index (χ0n) is 8.96. The molecule has 1 aliphatic heterocycles. The van der Waals surface area contributed by atoms with Crippen LogP contribution in [0.15, 0.2) is 24.3 Å². The molecule has 2 N–H and O–H groups in total. The maximum absolute atomic E-state index is 5.86. The summed E-state index contributed by atoms with van der Waals surface area (Å²) in [6, 6.07) is 9.07. The molecule has 0 radical (unpaired) electrons. The predicted octanol–water partition coefficient (Wildman–Crippen LogP) is 2.35. The van der Waals surface area contributed by atoms with Gasteiger partial charge in [-0.2, -0.15) is 0 Å². The Morgan fingerprint density at radius 3 is 2.73 bits per heavy atom. The molecule has 0 aliphatic carbocycles. The van der Waals surface area contributed by atoms with E-state index in [4.69, 9.17) is 11.6 Å². The van der Waals surface area contributed by atoms with E-state index in [1.807, 2.05) is 12.1 Å². The van der Waals surface area contributed by atoms with E-state index >= 15 is 0 Å². The van der Waals surface area contributed by atoms with Crippen molar-refractivity contribution in [3.05, 3.63) is 34.9 Å². The fraction of sp³-hybridized carbons (Fsp3) is 0.500. The summed E-state index contributed by atoms with van der Waals surface area (Å²) in [6.07, 6.45) is 1.22. The average molecular weight is 225 g/mol. The van der Waals surface area contributed by atoms with Crippen molar-refractivity contribution in [1.29, 1.82) is 0 Å². The highest BCUT2D eigenvalue weighted by Gasteiger charge is 2.16. The molecule has 0 amide bonds. The number of rotatable bonds is 3. The molecule has 1 saturated heterocycles. The fourth-order valence-corrected chi connectivity index (χ4v) is 2.12. The van der Waals surface area contributed by atoms with Crippen molar-refractivity contribution in [2.75, 3.05) is 13.1 Å². The largest absolute Gasteiger partial charge is 0.315 e. The van der Waals surface area contributed by atoms with Crippen molar-refractivity contribution < 1.29 is 0 Å². The summed E-state index contributed by atoms with van der Waals surface area (Å²) < 4.78 is 0. The average Bonchev–Trinajstić information content (AvgIpc) is 2.71. The first-order valence-electron chi connectivity index (χ1n) is 5.48. The number of benzene rings is 1. The Kier molecular flexibility index (Phi) is 3.62. The van der Waals surface area contributed by atoms with E-state index < -0.39 is 0 Å². The van der Waals surface area contributed by atoms with Crippen LogP contribution in [0.3, 0.4) is 0 Å². The Hall–Kier alpha value is -0.570. The summed E-state index contributed by atoms with van der Waals surface area (Å²) in [5.41, 5.74) is 1.30. The van der Waals surface area contributed by atoms with Crippen molar-refractivity contribution in [2.24, 2.45) is 0 Å². The van der Waals surface area contributed by atoms with Crippen LogP contribution >= 0.6 is 11.6 Å².